The second kappa shape index (κ2) is 7.04. The number of aliphatic hydroxyl groups excluding tert-OH is 4. The lowest BCUT2D eigenvalue weighted by Gasteiger charge is -2.63. The van der Waals surface area contributed by atoms with Crippen molar-refractivity contribution in [3.8, 4) is 0 Å². The fourth-order valence-corrected chi connectivity index (χ4v) is 11.4. The summed E-state index contributed by atoms with van der Waals surface area (Å²) in [6, 6.07) is -0.130. The molecule has 0 aromatic heterocycles. The molecule has 16 atom stereocenters. The summed E-state index contributed by atoms with van der Waals surface area (Å²) in [6.07, 6.45) is -1.92. The Bertz CT molecular complexity index is 964. The van der Waals surface area contributed by atoms with Gasteiger partial charge in [0.1, 0.15) is 17.8 Å². The summed E-state index contributed by atoms with van der Waals surface area (Å²) in [4.78, 5) is 2.30. The maximum absolute atomic E-state index is 12.5. The Morgan fingerprint density at radius 3 is 2.39 bits per heavy atom. The van der Waals surface area contributed by atoms with Crippen molar-refractivity contribution >= 4 is 0 Å². The zero-order valence-electron chi connectivity index (χ0n) is 21.5. The molecule has 9 nitrogen and oxygen atoms in total. The van der Waals surface area contributed by atoms with Crippen molar-refractivity contribution < 1.29 is 40.5 Å². The lowest BCUT2D eigenvalue weighted by Crippen LogP contribution is -2.76. The third-order valence-electron chi connectivity index (χ3n) is 12.8. The van der Waals surface area contributed by atoms with Crippen LogP contribution in [0.25, 0.3) is 0 Å². The molecule has 3 aliphatic heterocycles. The lowest BCUT2D eigenvalue weighted by molar-refractivity contribution is -0.295. The molecule has 9 heteroatoms. The fourth-order valence-electron chi connectivity index (χ4n) is 11.4. The molecule has 0 aromatic rings. The minimum Gasteiger partial charge on any atom is -0.393 e. The molecule has 7 fully saturated rings. The molecule has 7 N–H and O–H groups in total. The van der Waals surface area contributed by atoms with Crippen molar-refractivity contribution in [2.24, 2.45) is 40.9 Å². The van der Waals surface area contributed by atoms with E-state index in [1.54, 1.807) is 6.92 Å². The Hall–Kier alpha value is -0.360. The number of hydrogen-bond donors (Lipinski definition) is 7. The zero-order valence-corrected chi connectivity index (χ0v) is 21.5. The molecule has 204 valence electrons. The third-order valence-corrected chi connectivity index (χ3v) is 12.8. The van der Waals surface area contributed by atoms with Gasteiger partial charge in [-0.05, 0) is 63.2 Å². The van der Waals surface area contributed by atoms with Gasteiger partial charge in [-0.15, -0.1) is 0 Å². The predicted octanol–water partition coefficient (Wildman–Crippen LogP) is -0.814. The Labute approximate surface area is 212 Å². The van der Waals surface area contributed by atoms with E-state index in [0.717, 1.165) is 19.4 Å². The van der Waals surface area contributed by atoms with Crippen LogP contribution >= 0.6 is 0 Å². The molecule has 7 aliphatic rings. The van der Waals surface area contributed by atoms with Crippen molar-refractivity contribution in [1.82, 2.24) is 4.90 Å². The van der Waals surface area contributed by atoms with Gasteiger partial charge >= 0.3 is 0 Å². The van der Waals surface area contributed by atoms with Gasteiger partial charge in [-0.2, -0.15) is 0 Å². The molecule has 1 spiro atoms. The largest absolute Gasteiger partial charge is 0.393 e. The second-order valence-corrected chi connectivity index (χ2v) is 14.2. The second-order valence-electron chi connectivity index (χ2n) is 14.2. The van der Waals surface area contributed by atoms with Crippen LogP contribution in [0.3, 0.4) is 0 Å². The Balaban J connectivity index is 1.37. The van der Waals surface area contributed by atoms with Crippen molar-refractivity contribution in [1.29, 1.82) is 0 Å². The van der Waals surface area contributed by atoms with Crippen molar-refractivity contribution in [2.45, 2.75) is 112 Å². The minimum atomic E-state index is -1.85. The van der Waals surface area contributed by atoms with Crippen molar-refractivity contribution in [2.75, 3.05) is 13.1 Å². The molecule has 3 heterocycles. The summed E-state index contributed by atoms with van der Waals surface area (Å²) in [5, 5.41) is 81.4. The van der Waals surface area contributed by atoms with Gasteiger partial charge in [-0.25, -0.2) is 0 Å². The van der Waals surface area contributed by atoms with Gasteiger partial charge in [0.25, 0.3) is 0 Å². The van der Waals surface area contributed by atoms with Crippen molar-refractivity contribution in [3.63, 3.8) is 0 Å². The molecular formula is C27H43NO8. The molecule has 4 saturated carbocycles. The highest BCUT2D eigenvalue weighted by molar-refractivity contribution is 5.33. The highest BCUT2D eigenvalue weighted by atomic mass is 16.7. The summed E-state index contributed by atoms with van der Waals surface area (Å²) >= 11 is 0. The van der Waals surface area contributed by atoms with Crippen LogP contribution in [0.5, 0.6) is 0 Å². The van der Waals surface area contributed by atoms with Crippen LogP contribution in [0, 0.1) is 40.9 Å². The highest BCUT2D eigenvalue weighted by Gasteiger charge is 2.86. The first kappa shape index (κ1) is 24.7. The van der Waals surface area contributed by atoms with Crippen LogP contribution in [0.2, 0.25) is 0 Å². The van der Waals surface area contributed by atoms with Gasteiger partial charge in [-0.3, -0.25) is 4.90 Å². The topological polar surface area (TPSA) is 154 Å². The first-order chi connectivity index (χ1) is 16.7. The van der Waals surface area contributed by atoms with E-state index in [9.17, 15) is 35.7 Å². The average Bonchev–Trinajstić information content (AvgIpc) is 3.08. The quantitative estimate of drug-likeness (QED) is 0.222. The van der Waals surface area contributed by atoms with E-state index in [1.165, 1.54) is 0 Å². The van der Waals surface area contributed by atoms with Gasteiger partial charge < -0.3 is 40.5 Å². The molecular weight excluding hydrogens is 466 g/mol. The van der Waals surface area contributed by atoms with Crippen LogP contribution in [0.4, 0.5) is 0 Å². The minimum absolute atomic E-state index is 0.130. The van der Waals surface area contributed by atoms with E-state index in [2.05, 4.69) is 11.8 Å². The van der Waals surface area contributed by atoms with E-state index in [-0.39, 0.29) is 18.4 Å². The van der Waals surface area contributed by atoms with Crippen LogP contribution < -0.4 is 0 Å². The molecule has 36 heavy (non-hydrogen) atoms. The number of nitrogens with zero attached hydrogens (tertiary/aromatic N) is 1. The van der Waals surface area contributed by atoms with E-state index >= 15 is 0 Å². The van der Waals surface area contributed by atoms with Gasteiger partial charge in [-0.1, -0.05) is 13.8 Å². The predicted molar refractivity (Wildman–Crippen MR) is 126 cm³/mol. The van der Waals surface area contributed by atoms with Gasteiger partial charge in [0, 0.05) is 42.3 Å². The number of fused-ring (bicyclic) bond motifs is 5. The van der Waals surface area contributed by atoms with E-state index < -0.39 is 76.1 Å². The highest BCUT2D eigenvalue weighted by Crippen LogP contribution is 2.76. The van der Waals surface area contributed by atoms with E-state index in [1.807, 2.05) is 6.92 Å². The maximum Gasteiger partial charge on any atom is 0.196 e. The fraction of sp³-hybridized carbons (Fsp3) is 1.00. The summed E-state index contributed by atoms with van der Waals surface area (Å²) in [6.45, 7) is 7.40. The van der Waals surface area contributed by atoms with E-state index in [0.29, 0.717) is 31.7 Å². The monoisotopic (exact) mass is 509 g/mol. The summed E-state index contributed by atoms with van der Waals surface area (Å²) < 4.78 is 6.51. The number of rotatable bonds is 0. The van der Waals surface area contributed by atoms with Gasteiger partial charge in [0.15, 0.2) is 5.79 Å². The average molecular weight is 510 g/mol. The molecule has 4 aliphatic carbocycles. The number of hydrogen-bond acceptors (Lipinski definition) is 9. The summed E-state index contributed by atoms with van der Waals surface area (Å²) in [5.74, 6) is -4.29. The lowest BCUT2D eigenvalue weighted by atomic mass is 9.49. The summed E-state index contributed by atoms with van der Waals surface area (Å²) in [5.41, 5.74) is -4.88. The molecule has 3 saturated heterocycles. The molecule has 4 bridgehead atoms. The van der Waals surface area contributed by atoms with E-state index in [4.69, 9.17) is 4.74 Å². The Morgan fingerprint density at radius 1 is 0.944 bits per heavy atom. The SMILES string of the molecule is C[C@@H]1CC[C@@H]2N(C1)C[C@@H]1[C@H]([C@H](O)[C@H](O)[C@]3(O)[C@@H]1C[C@@]14O[C@@]5(O)[C@@H](O)CC[C@@]1(C)[C@H]5C[C@@H](O)[C@@H]34)[C@]2(C)O. The molecule has 0 unspecified atom stereocenters. The maximum atomic E-state index is 12.5. The van der Waals surface area contributed by atoms with Crippen LogP contribution in [-0.4, -0.2) is 107 Å². The van der Waals surface area contributed by atoms with Crippen LogP contribution in [-0.2, 0) is 4.74 Å². The zero-order chi connectivity index (χ0) is 25.8. The molecule has 0 radical (unpaired) electrons. The molecule has 0 amide bonds. The van der Waals surface area contributed by atoms with Crippen LogP contribution in [0.1, 0.15) is 59.3 Å². The standard InChI is InChI=1S/C27H43NO8/c1-12-4-5-17-24(3,33)19-13(11-28(17)10-12)14-9-25-21(26(14,34)22(32)20(19)31)15(29)8-16-23(25,2)7-6-18(30)27(16,35)36-25/h12-22,29-35H,4-11H2,1-3H3/t12-,13+,14-,15-,16-,17+,18+,19-,20+,21-,22+,23+,24-,25+,26+,27-/m1/s1. The Morgan fingerprint density at radius 2 is 1.67 bits per heavy atom. The molecule has 0 aromatic carbocycles. The van der Waals surface area contributed by atoms with Gasteiger partial charge in [0.05, 0.1) is 23.4 Å². The smallest absolute Gasteiger partial charge is 0.196 e. The number of aliphatic hydroxyl groups is 7. The Kier molecular flexibility index (Phi) is 4.82. The summed E-state index contributed by atoms with van der Waals surface area (Å²) in [7, 11) is 0. The van der Waals surface area contributed by atoms with Gasteiger partial charge in [0.2, 0.25) is 0 Å². The first-order valence-corrected chi connectivity index (χ1v) is 14.1. The third kappa shape index (κ3) is 2.46. The molecule has 7 rings (SSSR count). The van der Waals surface area contributed by atoms with Crippen molar-refractivity contribution in [3.05, 3.63) is 0 Å². The first-order valence-electron chi connectivity index (χ1n) is 14.1. The number of piperidine rings is 2. The normalized spacial score (nSPS) is 68.0. The van der Waals surface area contributed by atoms with Crippen LogP contribution in [0.15, 0.2) is 0 Å². The number of ether oxygens (including phenoxy) is 1.